The van der Waals surface area contributed by atoms with Crippen LogP contribution in [0.15, 0.2) is 0 Å². The van der Waals surface area contributed by atoms with Crippen LogP contribution in [0.3, 0.4) is 0 Å². The zero-order valence-electron chi connectivity index (χ0n) is 11.0. The summed E-state index contributed by atoms with van der Waals surface area (Å²) in [6, 6.07) is 0.392. The van der Waals surface area contributed by atoms with Crippen LogP contribution in [0.25, 0.3) is 0 Å². The number of nitrogens with one attached hydrogen (secondary N) is 1. The van der Waals surface area contributed by atoms with E-state index in [2.05, 4.69) is 31.0 Å². The van der Waals surface area contributed by atoms with Gasteiger partial charge in [-0.2, -0.15) is 0 Å². The highest BCUT2D eigenvalue weighted by Gasteiger charge is 2.12. The first-order chi connectivity index (χ1) is 7.61. The number of unbranched alkanes of at least 4 members (excludes halogenated alkanes) is 1. The highest BCUT2D eigenvalue weighted by molar-refractivity contribution is 5.77. The Bertz CT molecular complexity index is 183. The van der Waals surface area contributed by atoms with Gasteiger partial charge in [0.15, 0.2) is 0 Å². The van der Waals surface area contributed by atoms with Gasteiger partial charge < -0.3 is 11.1 Å². The van der Waals surface area contributed by atoms with E-state index in [-0.39, 0.29) is 5.91 Å². The molecule has 0 bridgehead atoms. The van der Waals surface area contributed by atoms with Gasteiger partial charge in [0.25, 0.3) is 0 Å². The van der Waals surface area contributed by atoms with E-state index in [0.29, 0.717) is 19.1 Å². The Labute approximate surface area is 99.6 Å². The van der Waals surface area contributed by atoms with Crippen molar-refractivity contribution in [3.05, 3.63) is 0 Å². The lowest BCUT2D eigenvalue weighted by atomic mass is 10.2. The molecule has 0 saturated carbocycles. The fraction of sp³-hybridized carbons (Fsp3) is 0.917. The molecule has 0 fully saturated rings. The summed E-state index contributed by atoms with van der Waals surface area (Å²) >= 11 is 0. The van der Waals surface area contributed by atoms with Crippen LogP contribution in [-0.2, 0) is 4.79 Å². The first-order valence-electron chi connectivity index (χ1n) is 6.32. The number of carbonyl (C=O) groups is 1. The first kappa shape index (κ1) is 15.4. The molecule has 0 spiro atoms. The summed E-state index contributed by atoms with van der Waals surface area (Å²) in [5.74, 6) is 0.124. The summed E-state index contributed by atoms with van der Waals surface area (Å²) in [4.78, 5) is 13.8. The second-order valence-corrected chi connectivity index (χ2v) is 4.41. The van der Waals surface area contributed by atoms with Crippen molar-refractivity contribution in [2.45, 2.75) is 46.1 Å². The smallest absolute Gasteiger partial charge is 0.234 e. The zero-order valence-corrected chi connectivity index (χ0v) is 11.0. The monoisotopic (exact) mass is 229 g/mol. The van der Waals surface area contributed by atoms with Crippen molar-refractivity contribution in [3.63, 3.8) is 0 Å². The van der Waals surface area contributed by atoms with Crippen LogP contribution in [0.5, 0.6) is 0 Å². The number of rotatable bonds is 9. The van der Waals surface area contributed by atoms with E-state index >= 15 is 0 Å². The summed E-state index contributed by atoms with van der Waals surface area (Å²) in [7, 11) is 0. The van der Waals surface area contributed by atoms with E-state index in [0.717, 1.165) is 32.4 Å². The van der Waals surface area contributed by atoms with Gasteiger partial charge in [-0.25, -0.2) is 0 Å². The molecule has 0 radical (unpaired) electrons. The third-order valence-electron chi connectivity index (χ3n) is 2.58. The highest BCUT2D eigenvalue weighted by Crippen LogP contribution is 1.98. The second-order valence-electron chi connectivity index (χ2n) is 4.41. The Kier molecular flexibility index (Phi) is 9.24. The number of hydrogen-bond acceptors (Lipinski definition) is 3. The average molecular weight is 229 g/mol. The number of carbonyl (C=O) groups excluding carboxylic acids is 1. The van der Waals surface area contributed by atoms with E-state index < -0.39 is 0 Å². The Morgan fingerprint density at radius 2 is 2.06 bits per heavy atom. The standard InChI is InChI=1S/C12H27N3O/c1-4-5-8-14-12(16)10-15(11(2)3)9-6-7-13/h11H,4-10,13H2,1-3H3,(H,14,16). The van der Waals surface area contributed by atoms with E-state index in [4.69, 9.17) is 5.73 Å². The van der Waals surface area contributed by atoms with Crippen LogP contribution in [0.4, 0.5) is 0 Å². The Balaban J connectivity index is 3.83. The molecule has 0 atom stereocenters. The fourth-order valence-corrected chi connectivity index (χ4v) is 1.46. The minimum atomic E-state index is 0.124. The normalized spacial score (nSPS) is 11.1. The van der Waals surface area contributed by atoms with Crippen molar-refractivity contribution in [2.75, 3.05) is 26.2 Å². The van der Waals surface area contributed by atoms with Crippen LogP contribution in [0.1, 0.15) is 40.0 Å². The molecule has 0 aliphatic carbocycles. The van der Waals surface area contributed by atoms with Crippen molar-refractivity contribution in [2.24, 2.45) is 5.73 Å². The molecule has 0 unspecified atom stereocenters. The van der Waals surface area contributed by atoms with Gasteiger partial charge >= 0.3 is 0 Å². The maximum Gasteiger partial charge on any atom is 0.234 e. The summed E-state index contributed by atoms with van der Waals surface area (Å²) in [6.07, 6.45) is 3.11. The molecule has 0 aromatic heterocycles. The largest absolute Gasteiger partial charge is 0.355 e. The maximum atomic E-state index is 11.6. The van der Waals surface area contributed by atoms with Gasteiger partial charge in [-0.05, 0) is 33.2 Å². The van der Waals surface area contributed by atoms with E-state index in [1.807, 2.05) is 0 Å². The molecule has 0 heterocycles. The molecule has 16 heavy (non-hydrogen) atoms. The fourth-order valence-electron chi connectivity index (χ4n) is 1.46. The molecule has 96 valence electrons. The molecule has 0 aliphatic heterocycles. The lowest BCUT2D eigenvalue weighted by Crippen LogP contribution is -2.41. The quantitative estimate of drug-likeness (QED) is 0.579. The highest BCUT2D eigenvalue weighted by atomic mass is 16.2. The van der Waals surface area contributed by atoms with Gasteiger partial charge in [-0.1, -0.05) is 13.3 Å². The lowest BCUT2D eigenvalue weighted by molar-refractivity contribution is -0.122. The molecule has 0 saturated heterocycles. The van der Waals surface area contributed by atoms with E-state index in [1.54, 1.807) is 0 Å². The van der Waals surface area contributed by atoms with Crippen molar-refractivity contribution >= 4 is 5.91 Å². The lowest BCUT2D eigenvalue weighted by Gasteiger charge is -2.25. The minimum absolute atomic E-state index is 0.124. The van der Waals surface area contributed by atoms with Crippen molar-refractivity contribution in [1.82, 2.24) is 10.2 Å². The molecular weight excluding hydrogens is 202 g/mol. The maximum absolute atomic E-state index is 11.6. The average Bonchev–Trinajstić information content (AvgIpc) is 2.24. The first-order valence-corrected chi connectivity index (χ1v) is 6.32. The van der Waals surface area contributed by atoms with E-state index in [1.165, 1.54) is 0 Å². The summed E-state index contributed by atoms with van der Waals surface area (Å²) in [5.41, 5.74) is 5.48. The number of hydrogen-bond donors (Lipinski definition) is 2. The van der Waals surface area contributed by atoms with Crippen LogP contribution >= 0.6 is 0 Å². The van der Waals surface area contributed by atoms with Crippen molar-refractivity contribution < 1.29 is 4.79 Å². The van der Waals surface area contributed by atoms with Crippen LogP contribution in [-0.4, -0.2) is 43.0 Å². The molecule has 0 aromatic carbocycles. The van der Waals surface area contributed by atoms with Gasteiger partial charge in [0, 0.05) is 19.1 Å². The summed E-state index contributed by atoms with van der Waals surface area (Å²) in [5, 5.41) is 2.93. The third-order valence-corrected chi connectivity index (χ3v) is 2.58. The topological polar surface area (TPSA) is 58.4 Å². The van der Waals surface area contributed by atoms with Crippen LogP contribution < -0.4 is 11.1 Å². The van der Waals surface area contributed by atoms with Gasteiger partial charge in [-0.15, -0.1) is 0 Å². The molecule has 0 aliphatic rings. The Morgan fingerprint density at radius 3 is 2.56 bits per heavy atom. The predicted molar refractivity (Wildman–Crippen MR) is 68.3 cm³/mol. The molecule has 4 heteroatoms. The second kappa shape index (κ2) is 9.60. The molecule has 3 N–H and O–H groups in total. The number of nitrogens with zero attached hydrogens (tertiary/aromatic N) is 1. The van der Waals surface area contributed by atoms with Gasteiger partial charge in [0.1, 0.15) is 0 Å². The number of amides is 1. The molecular formula is C12H27N3O. The molecule has 0 rings (SSSR count). The molecule has 0 aromatic rings. The molecule has 4 nitrogen and oxygen atoms in total. The SMILES string of the molecule is CCCCNC(=O)CN(CCCN)C(C)C. The Morgan fingerprint density at radius 1 is 1.38 bits per heavy atom. The third kappa shape index (κ3) is 7.65. The van der Waals surface area contributed by atoms with Gasteiger partial charge in [0.2, 0.25) is 5.91 Å². The zero-order chi connectivity index (χ0) is 12.4. The van der Waals surface area contributed by atoms with Crippen LogP contribution in [0.2, 0.25) is 0 Å². The summed E-state index contributed by atoms with van der Waals surface area (Å²) in [6.45, 7) is 9.19. The molecule has 1 amide bonds. The minimum Gasteiger partial charge on any atom is -0.355 e. The van der Waals surface area contributed by atoms with Gasteiger partial charge in [0.05, 0.1) is 6.54 Å². The van der Waals surface area contributed by atoms with Crippen LogP contribution in [0, 0.1) is 0 Å². The summed E-state index contributed by atoms with van der Waals surface area (Å²) < 4.78 is 0. The number of nitrogens with two attached hydrogens (primary N) is 1. The Hall–Kier alpha value is -0.610. The van der Waals surface area contributed by atoms with E-state index in [9.17, 15) is 4.79 Å². The predicted octanol–water partition coefficient (Wildman–Crippen LogP) is 0.962. The van der Waals surface area contributed by atoms with Gasteiger partial charge in [-0.3, -0.25) is 9.69 Å². The van der Waals surface area contributed by atoms with Crippen molar-refractivity contribution in [1.29, 1.82) is 0 Å². The van der Waals surface area contributed by atoms with Crippen molar-refractivity contribution in [3.8, 4) is 0 Å².